The van der Waals surface area contributed by atoms with Crippen molar-refractivity contribution in [1.82, 2.24) is 0 Å². The summed E-state index contributed by atoms with van der Waals surface area (Å²) in [5.74, 6) is 0. The summed E-state index contributed by atoms with van der Waals surface area (Å²) in [6.07, 6.45) is 0.237. The second-order valence-electron chi connectivity index (χ2n) is 6.81. The van der Waals surface area contributed by atoms with Crippen LogP contribution in [0.5, 0.6) is 0 Å². The van der Waals surface area contributed by atoms with Gasteiger partial charge in [-0.15, -0.1) is 0 Å². The molecule has 0 radical (unpaired) electrons. The monoisotopic (exact) mass is 610 g/mol. The molecule has 0 aliphatic rings. The Labute approximate surface area is 207 Å². The van der Waals surface area contributed by atoms with E-state index in [4.69, 9.17) is 18.1 Å². The highest BCUT2D eigenvalue weighted by Gasteiger charge is 2.29. The molecular formula is C22H30Br2O6P2. The molecule has 2 rings (SSSR count). The fourth-order valence-corrected chi connectivity index (χ4v) is 7.64. The van der Waals surface area contributed by atoms with E-state index in [-0.39, 0.29) is 38.8 Å². The van der Waals surface area contributed by atoms with E-state index in [2.05, 4.69) is 31.9 Å². The van der Waals surface area contributed by atoms with Crippen LogP contribution in [0.3, 0.4) is 0 Å². The summed E-state index contributed by atoms with van der Waals surface area (Å²) in [5.41, 5.74) is 3.32. The molecule has 0 heterocycles. The van der Waals surface area contributed by atoms with E-state index in [1.54, 1.807) is 27.7 Å². The number of hydrogen-bond acceptors (Lipinski definition) is 6. The molecule has 0 saturated heterocycles. The molecule has 0 aliphatic heterocycles. The number of hydrogen-bond donors (Lipinski definition) is 0. The lowest BCUT2D eigenvalue weighted by molar-refractivity contribution is 0.218. The van der Waals surface area contributed by atoms with Crippen molar-refractivity contribution in [2.75, 3.05) is 26.4 Å². The SMILES string of the molecule is CCOP(=O)(Cc1cc(Br)ccc1-c1ccc(Br)cc1CP(=O)(OCC)OCC)OCC. The summed E-state index contributed by atoms with van der Waals surface area (Å²) < 4.78 is 50.3. The third-order valence-electron chi connectivity index (χ3n) is 4.46. The van der Waals surface area contributed by atoms with Gasteiger partial charge in [-0.2, -0.15) is 0 Å². The summed E-state index contributed by atoms with van der Waals surface area (Å²) >= 11 is 7.02. The second kappa shape index (κ2) is 13.0. The lowest BCUT2D eigenvalue weighted by Gasteiger charge is -2.22. The van der Waals surface area contributed by atoms with Crippen LogP contribution in [0.2, 0.25) is 0 Å². The van der Waals surface area contributed by atoms with Gasteiger partial charge in [-0.25, -0.2) is 0 Å². The van der Waals surface area contributed by atoms with Crippen LogP contribution in [0, 0.1) is 0 Å². The number of halogens is 2. The van der Waals surface area contributed by atoms with E-state index >= 15 is 0 Å². The number of benzene rings is 2. The van der Waals surface area contributed by atoms with Crippen molar-refractivity contribution in [3.05, 3.63) is 56.5 Å². The van der Waals surface area contributed by atoms with Crippen LogP contribution in [-0.2, 0) is 39.5 Å². The van der Waals surface area contributed by atoms with Crippen molar-refractivity contribution in [2.24, 2.45) is 0 Å². The van der Waals surface area contributed by atoms with Crippen LogP contribution in [0.4, 0.5) is 0 Å². The lowest BCUT2D eigenvalue weighted by atomic mass is 9.97. The topological polar surface area (TPSA) is 71.1 Å². The van der Waals surface area contributed by atoms with Gasteiger partial charge in [-0.3, -0.25) is 9.13 Å². The van der Waals surface area contributed by atoms with E-state index in [9.17, 15) is 9.13 Å². The molecule has 2 aromatic rings. The van der Waals surface area contributed by atoms with Gasteiger partial charge >= 0.3 is 15.2 Å². The van der Waals surface area contributed by atoms with Crippen LogP contribution < -0.4 is 0 Å². The lowest BCUT2D eigenvalue weighted by Crippen LogP contribution is -2.03. The van der Waals surface area contributed by atoms with Gasteiger partial charge in [0.05, 0.1) is 38.8 Å². The molecule has 0 saturated carbocycles. The molecule has 0 fully saturated rings. The summed E-state index contributed by atoms with van der Waals surface area (Å²) in [5, 5.41) is 0. The van der Waals surface area contributed by atoms with Crippen molar-refractivity contribution in [3.63, 3.8) is 0 Å². The summed E-state index contributed by atoms with van der Waals surface area (Å²) in [4.78, 5) is 0. The zero-order chi connectivity index (χ0) is 23.8. The quantitative estimate of drug-likeness (QED) is 0.212. The summed E-state index contributed by atoms with van der Waals surface area (Å²) in [7, 11) is -6.66. The van der Waals surface area contributed by atoms with Gasteiger partial charge in [-0.05, 0) is 74.2 Å². The highest BCUT2D eigenvalue weighted by molar-refractivity contribution is 9.10. The molecule has 0 atom stereocenters. The van der Waals surface area contributed by atoms with Crippen LogP contribution in [-0.4, -0.2) is 26.4 Å². The van der Waals surface area contributed by atoms with E-state index in [1.807, 2.05) is 36.4 Å². The largest absolute Gasteiger partial charge is 0.335 e. The predicted molar refractivity (Wildman–Crippen MR) is 136 cm³/mol. The summed E-state index contributed by atoms with van der Waals surface area (Å²) in [6, 6.07) is 11.6. The Morgan fingerprint density at radius 2 is 0.938 bits per heavy atom. The van der Waals surface area contributed by atoms with Crippen molar-refractivity contribution < 1.29 is 27.2 Å². The molecule has 0 amide bonds. The highest BCUT2D eigenvalue weighted by atomic mass is 79.9. The third-order valence-corrected chi connectivity index (χ3v) is 9.50. The minimum Gasteiger partial charge on any atom is -0.309 e. The van der Waals surface area contributed by atoms with Gasteiger partial charge in [0.1, 0.15) is 0 Å². The molecule has 2 aromatic carbocycles. The van der Waals surface area contributed by atoms with Crippen molar-refractivity contribution in [2.45, 2.75) is 40.0 Å². The fourth-order valence-electron chi connectivity index (χ4n) is 3.37. The number of rotatable bonds is 13. The first-order chi connectivity index (χ1) is 15.2. The molecule has 6 nitrogen and oxygen atoms in total. The van der Waals surface area contributed by atoms with Crippen molar-refractivity contribution in [3.8, 4) is 11.1 Å². The molecule has 0 aliphatic carbocycles. The Morgan fingerprint density at radius 3 is 1.22 bits per heavy atom. The molecule has 0 unspecified atom stereocenters. The van der Waals surface area contributed by atoms with Gasteiger partial charge in [0, 0.05) is 8.95 Å². The Balaban J connectivity index is 2.59. The Hall–Kier alpha value is -0.300. The Morgan fingerprint density at radius 1 is 0.625 bits per heavy atom. The van der Waals surface area contributed by atoms with E-state index in [0.717, 1.165) is 31.2 Å². The maximum absolute atomic E-state index is 13.3. The smallest absolute Gasteiger partial charge is 0.309 e. The van der Waals surface area contributed by atoms with E-state index in [0.29, 0.717) is 0 Å². The van der Waals surface area contributed by atoms with Crippen molar-refractivity contribution >= 4 is 47.1 Å². The molecule has 32 heavy (non-hydrogen) atoms. The third kappa shape index (κ3) is 7.89. The molecule has 0 N–H and O–H groups in total. The average Bonchev–Trinajstić information content (AvgIpc) is 2.69. The Bertz CT molecular complexity index is 899. The Kier molecular flexibility index (Phi) is 11.3. The van der Waals surface area contributed by atoms with Crippen molar-refractivity contribution in [1.29, 1.82) is 0 Å². The van der Waals surface area contributed by atoms with E-state index in [1.165, 1.54) is 0 Å². The second-order valence-corrected chi connectivity index (χ2v) is 12.8. The normalized spacial score (nSPS) is 12.3. The van der Waals surface area contributed by atoms with E-state index < -0.39 is 15.2 Å². The van der Waals surface area contributed by atoms with Crippen LogP contribution in [0.25, 0.3) is 11.1 Å². The van der Waals surface area contributed by atoms with Crippen LogP contribution >= 0.6 is 47.1 Å². The maximum Gasteiger partial charge on any atom is 0.335 e. The first kappa shape index (κ1) is 27.9. The molecule has 0 aromatic heterocycles. The van der Waals surface area contributed by atoms with Gasteiger partial charge in [0.15, 0.2) is 0 Å². The zero-order valence-electron chi connectivity index (χ0n) is 18.8. The molecule has 10 heteroatoms. The zero-order valence-corrected chi connectivity index (χ0v) is 23.8. The first-order valence-electron chi connectivity index (χ1n) is 10.5. The van der Waals surface area contributed by atoms with Gasteiger partial charge < -0.3 is 18.1 Å². The molecule has 0 spiro atoms. The predicted octanol–water partition coefficient (Wildman–Crippen LogP) is 8.41. The van der Waals surface area contributed by atoms with Gasteiger partial charge in [0.2, 0.25) is 0 Å². The molecule has 0 bridgehead atoms. The fraction of sp³-hybridized carbons (Fsp3) is 0.455. The summed E-state index contributed by atoms with van der Waals surface area (Å²) in [6.45, 7) is 8.31. The van der Waals surface area contributed by atoms with Gasteiger partial charge in [0.25, 0.3) is 0 Å². The average molecular weight is 612 g/mol. The molecule has 178 valence electrons. The minimum absolute atomic E-state index is 0.119. The molecular weight excluding hydrogens is 582 g/mol. The van der Waals surface area contributed by atoms with Crippen LogP contribution in [0.1, 0.15) is 38.8 Å². The minimum atomic E-state index is -3.33. The first-order valence-corrected chi connectivity index (χ1v) is 15.6. The van der Waals surface area contributed by atoms with Crippen LogP contribution in [0.15, 0.2) is 45.3 Å². The highest BCUT2D eigenvalue weighted by Crippen LogP contribution is 2.55. The standard InChI is InChI=1S/C22H30Br2O6P2/c1-5-27-31(25,28-6-2)15-17-13-19(23)9-11-21(17)22-12-10-20(24)14-18(22)16-32(26,29-7-3)30-8-4/h9-14H,5-8,15-16H2,1-4H3. The maximum atomic E-state index is 13.3. The van der Waals surface area contributed by atoms with Gasteiger partial charge in [-0.1, -0.05) is 44.0 Å².